The van der Waals surface area contributed by atoms with Crippen molar-refractivity contribution >= 4 is 5.97 Å². The molecule has 1 heterocycles. The molecule has 1 aliphatic rings. The second-order valence-corrected chi connectivity index (χ2v) is 9.09. The first-order chi connectivity index (χ1) is 16.9. The highest BCUT2D eigenvalue weighted by molar-refractivity contribution is 5.92. The number of benzene rings is 2. The van der Waals surface area contributed by atoms with Crippen LogP contribution in [0.5, 0.6) is 5.75 Å². The average Bonchev–Trinajstić information content (AvgIpc) is 3.27. The number of aliphatic hydroxyl groups excluding tert-OH is 1. The Morgan fingerprint density at radius 1 is 1.17 bits per heavy atom. The molecule has 2 aromatic carbocycles. The van der Waals surface area contributed by atoms with Crippen molar-refractivity contribution in [1.29, 1.82) is 0 Å². The minimum Gasteiger partial charge on any atom is -0.497 e. The zero-order valence-corrected chi connectivity index (χ0v) is 20.7. The summed E-state index contributed by atoms with van der Waals surface area (Å²) in [5.74, 6) is 1.56. The minimum atomic E-state index is -0.760. The van der Waals surface area contributed by atoms with E-state index in [-0.39, 0.29) is 12.0 Å². The van der Waals surface area contributed by atoms with E-state index in [1.165, 1.54) is 7.11 Å². The number of carbonyl (C=O) groups is 1. The van der Waals surface area contributed by atoms with Crippen molar-refractivity contribution in [3.05, 3.63) is 70.6 Å². The van der Waals surface area contributed by atoms with Gasteiger partial charge in [0.25, 0.3) is 0 Å². The number of aryl methyl sites for hydroxylation is 2. The largest absolute Gasteiger partial charge is 0.497 e. The number of esters is 1. The van der Waals surface area contributed by atoms with E-state index in [0.717, 1.165) is 47.6 Å². The van der Waals surface area contributed by atoms with Crippen LogP contribution >= 0.6 is 0 Å². The highest BCUT2D eigenvalue weighted by Gasteiger charge is 2.32. The Hall–Kier alpha value is -3.16. The van der Waals surface area contributed by atoms with Gasteiger partial charge in [0.2, 0.25) is 5.89 Å². The van der Waals surface area contributed by atoms with E-state index in [0.29, 0.717) is 30.0 Å². The fraction of sp³-hybridized carbons (Fsp3) is 0.429. The van der Waals surface area contributed by atoms with Gasteiger partial charge in [0.1, 0.15) is 17.2 Å². The normalized spacial score (nSPS) is 18.8. The lowest BCUT2D eigenvalue weighted by Gasteiger charge is -2.33. The third-order valence-electron chi connectivity index (χ3n) is 6.79. The molecule has 0 spiro atoms. The van der Waals surface area contributed by atoms with Crippen LogP contribution in [-0.4, -0.2) is 36.4 Å². The topological polar surface area (TPSA) is 91.0 Å². The molecule has 186 valence electrons. The first-order valence-electron chi connectivity index (χ1n) is 12.0. The zero-order chi connectivity index (χ0) is 24.9. The quantitative estimate of drug-likeness (QED) is 0.423. The number of carbonyl (C=O) groups excluding carboxylic acids is 1. The van der Waals surface area contributed by atoms with E-state index in [4.69, 9.17) is 18.6 Å². The Kier molecular flexibility index (Phi) is 7.88. The molecule has 4 rings (SSSR count). The van der Waals surface area contributed by atoms with Crippen LogP contribution in [0.25, 0.3) is 11.5 Å². The number of ether oxygens (including phenoxy) is 3. The highest BCUT2D eigenvalue weighted by atomic mass is 16.5. The molecule has 1 aliphatic carbocycles. The van der Waals surface area contributed by atoms with Crippen LogP contribution in [0.4, 0.5) is 0 Å². The van der Waals surface area contributed by atoms with E-state index < -0.39 is 12.1 Å². The number of hydrogen-bond donors (Lipinski definition) is 1. The summed E-state index contributed by atoms with van der Waals surface area (Å²) in [6.45, 7) is 4.08. The molecule has 0 amide bonds. The van der Waals surface area contributed by atoms with E-state index in [1.807, 2.05) is 56.3 Å². The Labute approximate surface area is 206 Å². The SMILES string of the molecule is COC(=O)c1c(C)cccc1C(O)C1CCCC(OCc2nc(-c3cccc(OC)c3)oc2C)C1. The standard InChI is InChI=1S/C28H33NO6/c1-17-8-5-13-23(25(17)28(31)33-4)26(30)19-9-6-12-22(14-19)34-16-24-18(2)35-27(29-24)20-10-7-11-21(15-20)32-3/h5,7-8,10-11,13,15,19,22,26,30H,6,9,12,14,16H2,1-4H3. The Balaban J connectivity index is 1.42. The molecule has 1 saturated carbocycles. The van der Waals surface area contributed by atoms with E-state index >= 15 is 0 Å². The van der Waals surface area contributed by atoms with Crippen LogP contribution in [0.3, 0.4) is 0 Å². The minimum absolute atomic E-state index is 0.00819. The first-order valence-corrected chi connectivity index (χ1v) is 12.0. The number of nitrogens with zero attached hydrogens (tertiary/aromatic N) is 1. The van der Waals surface area contributed by atoms with Gasteiger partial charge in [-0.3, -0.25) is 0 Å². The molecule has 1 aromatic heterocycles. The van der Waals surface area contributed by atoms with Gasteiger partial charge in [0.15, 0.2) is 0 Å². The van der Waals surface area contributed by atoms with Gasteiger partial charge in [-0.2, -0.15) is 0 Å². The van der Waals surface area contributed by atoms with Crippen LogP contribution < -0.4 is 4.74 Å². The molecule has 7 nitrogen and oxygen atoms in total. The number of oxazole rings is 1. The van der Waals surface area contributed by atoms with Crippen LogP contribution in [0, 0.1) is 19.8 Å². The molecule has 3 atom stereocenters. The molecule has 0 saturated heterocycles. The predicted octanol–water partition coefficient (Wildman–Crippen LogP) is 5.56. The zero-order valence-electron chi connectivity index (χ0n) is 20.7. The second kappa shape index (κ2) is 11.1. The molecule has 0 aliphatic heterocycles. The first kappa shape index (κ1) is 24.9. The molecule has 3 aromatic rings. The number of aliphatic hydroxyl groups is 1. The van der Waals surface area contributed by atoms with Crippen molar-refractivity contribution in [2.45, 2.75) is 58.3 Å². The third-order valence-corrected chi connectivity index (χ3v) is 6.79. The van der Waals surface area contributed by atoms with E-state index in [9.17, 15) is 9.90 Å². The van der Waals surface area contributed by atoms with Crippen LogP contribution in [0.15, 0.2) is 46.9 Å². The Bertz CT molecular complexity index is 1170. The smallest absolute Gasteiger partial charge is 0.338 e. The van der Waals surface area contributed by atoms with Crippen molar-refractivity contribution in [2.75, 3.05) is 14.2 Å². The molecule has 3 unspecified atom stereocenters. The molecular weight excluding hydrogens is 446 g/mol. The van der Waals surface area contributed by atoms with Crippen LogP contribution in [0.1, 0.15) is 64.7 Å². The maximum atomic E-state index is 12.4. The van der Waals surface area contributed by atoms with Crippen molar-refractivity contribution in [1.82, 2.24) is 4.98 Å². The fourth-order valence-electron chi connectivity index (χ4n) is 4.83. The summed E-state index contributed by atoms with van der Waals surface area (Å²) in [6, 6.07) is 13.1. The fourth-order valence-corrected chi connectivity index (χ4v) is 4.83. The van der Waals surface area contributed by atoms with Gasteiger partial charge in [-0.1, -0.05) is 30.7 Å². The van der Waals surface area contributed by atoms with Gasteiger partial charge in [-0.05, 0) is 68.4 Å². The third kappa shape index (κ3) is 5.57. The lowest BCUT2D eigenvalue weighted by molar-refractivity contribution is -0.0262. The summed E-state index contributed by atoms with van der Waals surface area (Å²) in [6.07, 6.45) is 2.67. The number of aromatic nitrogens is 1. The maximum Gasteiger partial charge on any atom is 0.338 e. The summed E-state index contributed by atoms with van der Waals surface area (Å²) in [5.41, 5.74) is 3.48. The van der Waals surface area contributed by atoms with Crippen LogP contribution in [0.2, 0.25) is 0 Å². The lowest BCUT2D eigenvalue weighted by Crippen LogP contribution is -2.28. The lowest BCUT2D eigenvalue weighted by atomic mass is 9.80. The highest BCUT2D eigenvalue weighted by Crippen LogP contribution is 2.38. The molecule has 0 bridgehead atoms. The average molecular weight is 480 g/mol. The van der Waals surface area contributed by atoms with Gasteiger partial charge in [0, 0.05) is 5.56 Å². The van der Waals surface area contributed by atoms with Crippen molar-refractivity contribution in [3.8, 4) is 17.2 Å². The maximum absolute atomic E-state index is 12.4. The molecule has 1 fully saturated rings. The van der Waals surface area contributed by atoms with Gasteiger partial charge in [0.05, 0.1) is 38.6 Å². The van der Waals surface area contributed by atoms with Crippen molar-refractivity contribution in [2.24, 2.45) is 5.92 Å². The Morgan fingerprint density at radius 2 is 1.97 bits per heavy atom. The number of hydrogen-bond acceptors (Lipinski definition) is 7. The molecule has 35 heavy (non-hydrogen) atoms. The van der Waals surface area contributed by atoms with E-state index in [2.05, 4.69) is 4.98 Å². The van der Waals surface area contributed by atoms with Crippen molar-refractivity contribution < 1.29 is 28.5 Å². The monoisotopic (exact) mass is 479 g/mol. The number of rotatable bonds is 8. The van der Waals surface area contributed by atoms with Gasteiger partial charge in [-0.15, -0.1) is 0 Å². The Morgan fingerprint density at radius 3 is 2.74 bits per heavy atom. The summed E-state index contributed by atoms with van der Waals surface area (Å²) in [7, 11) is 2.99. The van der Waals surface area contributed by atoms with Gasteiger partial charge >= 0.3 is 5.97 Å². The summed E-state index contributed by atoms with van der Waals surface area (Å²) >= 11 is 0. The molecule has 0 radical (unpaired) electrons. The summed E-state index contributed by atoms with van der Waals surface area (Å²) in [5, 5.41) is 11.2. The summed E-state index contributed by atoms with van der Waals surface area (Å²) < 4.78 is 22.4. The molecule has 7 heteroatoms. The number of methoxy groups -OCH3 is 2. The molecular formula is C28H33NO6. The van der Waals surface area contributed by atoms with Crippen molar-refractivity contribution in [3.63, 3.8) is 0 Å². The predicted molar refractivity (Wildman–Crippen MR) is 131 cm³/mol. The van der Waals surface area contributed by atoms with Gasteiger partial charge < -0.3 is 23.7 Å². The second-order valence-electron chi connectivity index (χ2n) is 9.09. The molecule has 1 N–H and O–H groups in total. The summed E-state index contributed by atoms with van der Waals surface area (Å²) in [4.78, 5) is 17.0. The van der Waals surface area contributed by atoms with Crippen LogP contribution in [-0.2, 0) is 16.1 Å². The van der Waals surface area contributed by atoms with Gasteiger partial charge in [-0.25, -0.2) is 9.78 Å². The van der Waals surface area contributed by atoms with E-state index in [1.54, 1.807) is 7.11 Å².